The molecule has 0 N–H and O–H groups in total. The molecule has 10 aromatic rings. The van der Waals surface area contributed by atoms with Crippen LogP contribution >= 0.6 is 0 Å². The van der Waals surface area contributed by atoms with Gasteiger partial charge in [-0.3, -0.25) is 0 Å². The van der Waals surface area contributed by atoms with Gasteiger partial charge in [0.25, 0.3) is 0 Å². The molecular weight excluding hydrogens is 757 g/mol. The van der Waals surface area contributed by atoms with Crippen LogP contribution in [0.15, 0.2) is 182 Å². The molecule has 0 unspecified atom stereocenters. The molecule has 0 saturated carbocycles. The second-order valence-corrected chi connectivity index (χ2v) is 19.9. The van der Waals surface area contributed by atoms with Gasteiger partial charge >= 0.3 is 0 Å². The minimum atomic E-state index is -0.181. The van der Waals surface area contributed by atoms with Crippen LogP contribution in [0.5, 0.6) is 0 Å². The minimum Gasteiger partial charge on any atom is -0.0619 e. The Balaban J connectivity index is 0.964. The quantitative estimate of drug-likeness (QED) is 0.156. The lowest BCUT2D eigenvalue weighted by atomic mass is 9.75. The van der Waals surface area contributed by atoms with E-state index in [2.05, 4.69) is 224 Å². The number of rotatable bonds is 3. The van der Waals surface area contributed by atoms with Crippen molar-refractivity contribution in [2.75, 3.05) is 0 Å². The van der Waals surface area contributed by atoms with Gasteiger partial charge in [-0.1, -0.05) is 211 Å². The second-order valence-electron chi connectivity index (χ2n) is 19.9. The first-order valence-corrected chi connectivity index (χ1v) is 22.7. The van der Waals surface area contributed by atoms with Crippen LogP contribution in [0.3, 0.4) is 0 Å². The molecular formula is C63H48. The van der Waals surface area contributed by atoms with Gasteiger partial charge in [-0.15, -0.1) is 0 Å². The van der Waals surface area contributed by atoms with Crippen LogP contribution < -0.4 is 0 Å². The molecule has 13 rings (SSSR count). The molecule has 0 saturated heterocycles. The monoisotopic (exact) mass is 804 g/mol. The van der Waals surface area contributed by atoms with Gasteiger partial charge in [0.1, 0.15) is 0 Å². The van der Waals surface area contributed by atoms with Crippen molar-refractivity contribution in [3.8, 4) is 66.8 Å². The van der Waals surface area contributed by atoms with Gasteiger partial charge in [-0.05, 0) is 145 Å². The highest BCUT2D eigenvalue weighted by molar-refractivity contribution is 6.23. The summed E-state index contributed by atoms with van der Waals surface area (Å²) in [5, 5.41) is 7.69. The standard InChI is InChI=1S/C63H48/c1-61(2)52-28-14-13-24-50(52)58-54(61)34-32-49-48-27-16-25-41(59(48)63(5,6)60(49)58)38-30-33-53-51(35-38)42-31-29-39(36-55(42)62(53,3)4)56-44-20-9-11-22-46(44)57(47-23-12-10-21-45(47)56)43-26-15-18-37-17-7-8-19-40(37)43/h7-36H,1-6H3. The third kappa shape index (κ3) is 4.76. The van der Waals surface area contributed by atoms with Gasteiger partial charge < -0.3 is 0 Å². The second kappa shape index (κ2) is 12.6. The SMILES string of the molecule is CC1(C)c2ccc(-c3cccc4c3C(C)(C)c3c-4ccc4c3-c3ccccc3C4(C)C)cc2-c2ccc(-c3c4ccccc4c(-c4cccc5ccccc45)c4ccccc34)cc21. The largest absolute Gasteiger partial charge is 0.0619 e. The number of fused-ring (bicyclic) bond motifs is 13. The van der Waals surface area contributed by atoms with E-state index in [0.717, 1.165) is 0 Å². The Bertz CT molecular complexity index is 3580. The topological polar surface area (TPSA) is 0 Å². The normalized spacial score (nSPS) is 15.5. The molecule has 10 aromatic carbocycles. The summed E-state index contributed by atoms with van der Waals surface area (Å²) in [4.78, 5) is 0. The lowest BCUT2D eigenvalue weighted by molar-refractivity contribution is 0.648. The fourth-order valence-electron chi connectivity index (χ4n) is 12.7. The first-order valence-electron chi connectivity index (χ1n) is 22.7. The zero-order chi connectivity index (χ0) is 42.6. The highest BCUT2D eigenvalue weighted by Crippen LogP contribution is 2.61. The van der Waals surface area contributed by atoms with Crippen LogP contribution in [-0.4, -0.2) is 0 Å². The Morgan fingerprint density at radius 1 is 0.254 bits per heavy atom. The van der Waals surface area contributed by atoms with E-state index in [0.29, 0.717) is 0 Å². The van der Waals surface area contributed by atoms with E-state index in [4.69, 9.17) is 0 Å². The fourth-order valence-corrected chi connectivity index (χ4v) is 12.7. The molecule has 3 aliphatic rings. The maximum Gasteiger partial charge on any atom is 0.0171 e. The molecule has 0 atom stereocenters. The molecule has 0 bridgehead atoms. The zero-order valence-electron chi connectivity index (χ0n) is 36.8. The third-order valence-electron chi connectivity index (χ3n) is 15.6. The van der Waals surface area contributed by atoms with Crippen LogP contribution in [-0.2, 0) is 16.2 Å². The van der Waals surface area contributed by atoms with Crippen molar-refractivity contribution < 1.29 is 0 Å². The molecule has 300 valence electrons. The van der Waals surface area contributed by atoms with E-state index in [1.807, 2.05) is 0 Å². The summed E-state index contributed by atoms with van der Waals surface area (Å²) in [6.07, 6.45) is 0. The molecule has 0 radical (unpaired) electrons. The van der Waals surface area contributed by atoms with E-state index >= 15 is 0 Å². The van der Waals surface area contributed by atoms with Crippen LogP contribution in [0, 0.1) is 0 Å². The van der Waals surface area contributed by atoms with Crippen molar-refractivity contribution in [1.29, 1.82) is 0 Å². The average molecular weight is 805 g/mol. The summed E-state index contributed by atoms with van der Waals surface area (Å²) in [5.41, 5.74) is 24.3. The predicted octanol–water partition coefficient (Wildman–Crippen LogP) is 17.1. The van der Waals surface area contributed by atoms with Crippen LogP contribution in [0.4, 0.5) is 0 Å². The predicted molar refractivity (Wildman–Crippen MR) is 268 cm³/mol. The Labute approximate surface area is 370 Å². The fraction of sp³-hybridized carbons (Fsp3) is 0.143. The molecule has 0 heteroatoms. The van der Waals surface area contributed by atoms with Crippen molar-refractivity contribution in [1.82, 2.24) is 0 Å². The van der Waals surface area contributed by atoms with Crippen LogP contribution in [0.1, 0.15) is 74.9 Å². The van der Waals surface area contributed by atoms with Crippen LogP contribution in [0.25, 0.3) is 99.1 Å². The summed E-state index contributed by atoms with van der Waals surface area (Å²) in [6, 6.07) is 69.2. The van der Waals surface area contributed by atoms with Gasteiger partial charge in [0.2, 0.25) is 0 Å². The Kier molecular flexibility index (Phi) is 7.29. The lowest BCUT2D eigenvalue weighted by Crippen LogP contribution is -2.19. The third-order valence-corrected chi connectivity index (χ3v) is 15.6. The first-order chi connectivity index (χ1) is 30.5. The summed E-state index contributed by atoms with van der Waals surface area (Å²) in [6.45, 7) is 14.5. The van der Waals surface area contributed by atoms with E-state index in [9.17, 15) is 0 Å². The van der Waals surface area contributed by atoms with Crippen molar-refractivity contribution >= 4 is 32.3 Å². The molecule has 3 aliphatic carbocycles. The van der Waals surface area contributed by atoms with Gasteiger partial charge in [-0.2, -0.15) is 0 Å². The van der Waals surface area contributed by atoms with Gasteiger partial charge in [0.15, 0.2) is 0 Å². The molecule has 63 heavy (non-hydrogen) atoms. The summed E-state index contributed by atoms with van der Waals surface area (Å²) < 4.78 is 0. The number of hydrogen-bond donors (Lipinski definition) is 0. The minimum absolute atomic E-state index is 0.0319. The number of hydrogen-bond acceptors (Lipinski definition) is 0. The summed E-state index contributed by atoms with van der Waals surface area (Å²) in [7, 11) is 0. The van der Waals surface area contributed by atoms with Crippen molar-refractivity contribution in [3.05, 3.63) is 215 Å². The summed E-state index contributed by atoms with van der Waals surface area (Å²) in [5.74, 6) is 0. The highest BCUT2D eigenvalue weighted by Gasteiger charge is 2.45. The number of benzene rings is 10. The zero-order valence-corrected chi connectivity index (χ0v) is 36.8. The first kappa shape index (κ1) is 36.6. The van der Waals surface area contributed by atoms with E-state index in [1.54, 1.807) is 0 Å². The smallest absolute Gasteiger partial charge is 0.0171 e. The van der Waals surface area contributed by atoms with Gasteiger partial charge in [0.05, 0.1) is 0 Å². The molecule has 0 spiro atoms. The average Bonchev–Trinajstić information content (AvgIpc) is 3.79. The Morgan fingerprint density at radius 2 is 0.762 bits per heavy atom. The van der Waals surface area contributed by atoms with Gasteiger partial charge in [-0.25, -0.2) is 0 Å². The molecule has 0 aliphatic heterocycles. The highest BCUT2D eigenvalue weighted by atomic mass is 14.5. The summed E-state index contributed by atoms with van der Waals surface area (Å²) >= 11 is 0. The molecule has 0 heterocycles. The molecule has 0 nitrogen and oxygen atoms in total. The van der Waals surface area contributed by atoms with E-state index in [-0.39, 0.29) is 16.2 Å². The van der Waals surface area contributed by atoms with E-state index in [1.165, 1.54) is 132 Å². The van der Waals surface area contributed by atoms with E-state index < -0.39 is 0 Å². The Hall–Kier alpha value is -7.02. The molecule has 0 fully saturated rings. The van der Waals surface area contributed by atoms with Crippen molar-refractivity contribution in [3.63, 3.8) is 0 Å². The maximum atomic E-state index is 2.51. The molecule has 0 amide bonds. The molecule has 0 aromatic heterocycles. The van der Waals surface area contributed by atoms with Gasteiger partial charge in [0, 0.05) is 16.2 Å². The van der Waals surface area contributed by atoms with Crippen molar-refractivity contribution in [2.24, 2.45) is 0 Å². The van der Waals surface area contributed by atoms with Crippen LogP contribution in [0.2, 0.25) is 0 Å². The maximum absolute atomic E-state index is 2.51. The lowest BCUT2D eigenvalue weighted by Gasteiger charge is -2.28. The van der Waals surface area contributed by atoms with Crippen molar-refractivity contribution in [2.45, 2.75) is 57.8 Å². The Morgan fingerprint density at radius 3 is 1.52 bits per heavy atom.